The molecule has 0 fully saturated rings. The molecule has 0 radical (unpaired) electrons. The van der Waals surface area contributed by atoms with Crippen molar-refractivity contribution in [1.82, 2.24) is 0 Å². The second-order valence-electron chi connectivity index (χ2n) is 5.42. The van der Waals surface area contributed by atoms with E-state index in [1.54, 1.807) is 0 Å². The number of thiophene rings is 1. The topological polar surface area (TPSA) is 87.0 Å². The molecule has 1 N–H and O–H groups in total. The number of benzene rings is 1. The molecule has 0 saturated heterocycles. The van der Waals surface area contributed by atoms with Crippen LogP contribution >= 0.6 is 11.3 Å². The van der Waals surface area contributed by atoms with E-state index in [0.717, 1.165) is 31.1 Å². The SMILES string of the molecule is CS(=O)(=O)c1ccc(C(=O)Nc2sc3c(c2C#N)CCC3)cc1. The number of carbonyl (C=O) groups is 1. The van der Waals surface area contributed by atoms with E-state index in [1.807, 2.05) is 0 Å². The van der Waals surface area contributed by atoms with Gasteiger partial charge in [0.2, 0.25) is 0 Å². The molecular weight excluding hydrogens is 332 g/mol. The number of nitrogens with one attached hydrogen (secondary N) is 1. The zero-order valence-corrected chi connectivity index (χ0v) is 14.1. The largest absolute Gasteiger partial charge is 0.312 e. The Balaban J connectivity index is 1.84. The van der Waals surface area contributed by atoms with Gasteiger partial charge in [-0.05, 0) is 49.1 Å². The van der Waals surface area contributed by atoms with Gasteiger partial charge in [0, 0.05) is 16.7 Å². The van der Waals surface area contributed by atoms with Crippen LogP contribution in [-0.2, 0) is 22.7 Å². The molecule has 1 aromatic heterocycles. The van der Waals surface area contributed by atoms with Crippen LogP contribution in [0.25, 0.3) is 0 Å². The van der Waals surface area contributed by atoms with Crippen LogP contribution in [-0.4, -0.2) is 20.6 Å². The van der Waals surface area contributed by atoms with Crippen molar-refractivity contribution in [3.8, 4) is 6.07 Å². The van der Waals surface area contributed by atoms with Gasteiger partial charge < -0.3 is 5.32 Å². The zero-order valence-electron chi connectivity index (χ0n) is 12.4. The summed E-state index contributed by atoms with van der Waals surface area (Å²) in [6.07, 6.45) is 4.01. The molecular formula is C16H14N2O3S2. The normalized spacial score (nSPS) is 13.4. The summed E-state index contributed by atoms with van der Waals surface area (Å²) in [4.78, 5) is 13.6. The first-order valence-corrected chi connectivity index (χ1v) is 9.77. The Kier molecular flexibility index (Phi) is 3.96. The Bertz CT molecular complexity index is 919. The maximum Gasteiger partial charge on any atom is 0.256 e. The van der Waals surface area contributed by atoms with E-state index < -0.39 is 9.84 Å². The van der Waals surface area contributed by atoms with Gasteiger partial charge in [0.1, 0.15) is 11.1 Å². The predicted octanol–water partition coefficient (Wildman–Crippen LogP) is 2.76. The highest BCUT2D eigenvalue weighted by atomic mass is 32.2. The number of sulfone groups is 1. The van der Waals surface area contributed by atoms with E-state index in [4.69, 9.17) is 0 Å². The number of carbonyl (C=O) groups excluding carboxylic acids is 1. The fourth-order valence-corrected chi connectivity index (χ4v) is 4.50. The molecule has 7 heteroatoms. The van der Waals surface area contributed by atoms with Gasteiger partial charge >= 0.3 is 0 Å². The van der Waals surface area contributed by atoms with Crippen LogP contribution in [0.15, 0.2) is 29.2 Å². The molecule has 3 rings (SSSR count). The average Bonchev–Trinajstić information content (AvgIpc) is 3.06. The maximum absolute atomic E-state index is 12.3. The summed E-state index contributed by atoms with van der Waals surface area (Å²) in [5, 5.41) is 12.7. The molecule has 2 aromatic rings. The third-order valence-corrected chi connectivity index (χ3v) is 6.14. The third-order valence-electron chi connectivity index (χ3n) is 3.80. The molecule has 0 atom stereocenters. The van der Waals surface area contributed by atoms with Gasteiger partial charge in [-0.25, -0.2) is 8.42 Å². The van der Waals surface area contributed by atoms with Gasteiger partial charge in [0.15, 0.2) is 9.84 Å². The lowest BCUT2D eigenvalue weighted by Crippen LogP contribution is -2.12. The third kappa shape index (κ3) is 3.00. The minimum Gasteiger partial charge on any atom is -0.312 e. The highest BCUT2D eigenvalue weighted by Crippen LogP contribution is 2.38. The molecule has 1 heterocycles. The lowest BCUT2D eigenvalue weighted by atomic mass is 10.1. The summed E-state index contributed by atoms with van der Waals surface area (Å²) >= 11 is 1.45. The van der Waals surface area contributed by atoms with Crippen molar-refractivity contribution in [3.63, 3.8) is 0 Å². The van der Waals surface area contributed by atoms with E-state index in [9.17, 15) is 18.5 Å². The van der Waals surface area contributed by atoms with Crippen molar-refractivity contribution in [3.05, 3.63) is 45.8 Å². The van der Waals surface area contributed by atoms with E-state index in [-0.39, 0.29) is 10.8 Å². The number of hydrogen-bond donors (Lipinski definition) is 1. The lowest BCUT2D eigenvalue weighted by Gasteiger charge is -2.05. The molecule has 1 aliphatic rings. The Hall–Kier alpha value is -2.17. The standard InChI is InChI=1S/C16H14N2O3S2/c1-23(20,21)11-7-5-10(6-8-11)15(19)18-16-13(9-17)12-3-2-4-14(12)22-16/h5-8H,2-4H2,1H3,(H,18,19). The Morgan fingerprint density at radius 1 is 1.26 bits per heavy atom. The number of hydrogen-bond acceptors (Lipinski definition) is 5. The number of anilines is 1. The fraction of sp³-hybridized carbons (Fsp3) is 0.250. The number of fused-ring (bicyclic) bond motifs is 1. The predicted molar refractivity (Wildman–Crippen MR) is 88.6 cm³/mol. The molecule has 0 spiro atoms. The van der Waals surface area contributed by atoms with Crippen LogP contribution in [0.4, 0.5) is 5.00 Å². The molecule has 0 unspecified atom stereocenters. The summed E-state index contributed by atoms with van der Waals surface area (Å²) in [6, 6.07) is 7.93. The Labute approximate surface area is 138 Å². The highest BCUT2D eigenvalue weighted by Gasteiger charge is 2.23. The Morgan fingerprint density at radius 2 is 1.96 bits per heavy atom. The van der Waals surface area contributed by atoms with Crippen molar-refractivity contribution in [2.45, 2.75) is 24.2 Å². The van der Waals surface area contributed by atoms with Gasteiger partial charge in [-0.1, -0.05) is 0 Å². The molecule has 0 saturated carbocycles. The van der Waals surface area contributed by atoms with Crippen molar-refractivity contribution in [2.24, 2.45) is 0 Å². The number of rotatable bonds is 3. The van der Waals surface area contributed by atoms with Crippen LogP contribution in [0.1, 0.15) is 32.8 Å². The summed E-state index contributed by atoms with van der Waals surface area (Å²) < 4.78 is 22.9. The van der Waals surface area contributed by atoms with E-state index >= 15 is 0 Å². The fourth-order valence-electron chi connectivity index (χ4n) is 2.64. The molecule has 0 bridgehead atoms. The molecule has 5 nitrogen and oxygen atoms in total. The van der Waals surface area contributed by atoms with Crippen LogP contribution in [0.2, 0.25) is 0 Å². The van der Waals surface area contributed by atoms with Gasteiger partial charge in [-0.15, -0.1) is 11.3 Å². The van der Waals surface area contributed by atoms with Crippen molar-refractivity contribution >= 4 is 32.1 Å². The summed E-state index contributed by atoms with van der Waals surface area (Å²) in [5.41, 5.74) is 1.97. The first-order valence-electron chi connectivity index (χ1n) is 7.06. The van der Waals surface area contributed by atoms with Crippen molar-refractivity contribution < 1.29 is 13.2 Å². The van der Waals surface area contributed by atoms with Gasteiger partial charge in [0.05, 0.1) is 10.5 Å². The maximum atomic E-state index is 12.3. The molecule has 23 heavy (non-hydrogen) atoms. The highest BCUT2D eigenvalue weighted by molar-refractivity contribution is 7.90. The van der Waals surface area contributed by atoms with Crippen LogP contribution in [0.3, 0.4) is 0 Å². The second kappa shape index (κ2) is 5.80. The first kappa shape index (κ1) is 15.7. The van der Waals surface area contributed by atoms with Crippen LogP contribution < -0.4 is 5.32 Å². The van der Waals surface area contributed by atoms with E-state index in [0.29, 0.717) is 16.1 Å². The number of nitriles is 1. The molecule has 0 aliphatic heterocycles. The molecule has 118 valence electrons. The van der Waals surface area contributed by atoms with Crippen LogP contribution in [0.5, 0.6) is 0 Å². The second-order valence-corrected chi connectivity index (χ2v) is 8.54. The van der Waals surface area contributed by atoms with Crippen molar-refractivity contribution in [1.29, 1.82) is 5.26 Å². The Morgan fingerprint density at radius 3 is 2.57 bits per heavy atom. The van der Waals surface area contributed by atoms with Crippen LogP contribution in [0, 0.1) is 11.3 Å². The minimum absolute atomic E-state index is 0.168. The smallest absolute Gasteiger partial charge is 0.256 e. The quantitative estimate of drug-likeness (QED) is 0.926. The number of nitrogens with zero attached hydrogens (tertiary/aromatic N) is 1. The minimum atomic E-state index is -3.29. The van der Waals surface area contributed by atoms with E-state index in [2.05, 4.69) is 11.4 Å². The van der Waals surface area contributed by atoms with Gasteiger partial charge in [-0.3, -0.25) is 4.79 Å². The van der Waals surface area contributed by atoms with Gasteiger partial charge in [-0.2, -0.15) is 5.26 Å². The summed E-state index contributed by atoms with van der Waals surface area (Å²) in [6.45, 7) is 0. The summed E-state index contributed by atoms with van der Waals surface area (Å²) in [7, 11) is -3.29. The summed E-state index contributed by atoms with van der Waals surface area (Å²) in [5.74, 6) is -0.346. The molecule has 1 aliphatic carbocycles. The van der Waals surface area contributed by atoms with E-state index in [1.165, 1.54) is 40.5 Å². The molecule has 1 aromatic carbocycles. The van der Waals surface area contributed by atoms with Crippen molar-refractivity contribution in [2.75, 3.05) is 11.6 Å². The lowest BCUT2D eigenvalue weighted by molar-refractivity contribution is 0.102. The van der Waals surface area contributed by atoms with Gasteiger partial charge in [0.25, 0.3) is 5.91 Å². The number of aryl methyl sites for hydroxylation is 1. The zero-order chi connectivity index (χ0) is 16.6. The first-order chi connectivity index (χ1) is 10.9. The molecule has 1 amide bonds. The number of amides is 1. The monoisotopic (exact) mass is 346 g/mol. The average molecular weight is 346 g/mol.